The van der Waals surface area contributed by atoms with Crippen molar-refractivity contribution in [2.45, 2.75) is 19.4 Å². The Morgan fingerprint density at radius 3 is 2.54 bits per heavy atom. The Morgan fingerprint density at radius 2 is 1.83 bits per heavy atom. The van der Waals surface area contributed by atoms with Crippen LogP contribution in [0, 0.1) is 0 Å². The second-order valence-electron chi connectivity index (χ2n) is 5.20. The molecule has 0 atom stereocenters. The van der Waals surface area contributed by atoms with E-state index in [0.29, 0.717) is 17.3 Å². The highest BCUT2D eigenvalue weighted by atomic mass is 35.5. The second-order valence-corrected chi connectivity index (χ2v) is 5.63. The summed E-state index contributed by atoms with van der Waals surface area (Å²) in [5, 5.41) is 8.57. The zero-order valence-electron chi connectivity index (χ0n) is 13.2. The van der Waals surface area contributed by atoms with Gasteiger partial charge >= 0.3 is 6.03 Å². The first-order chi connectivity index (χ1) is 11.6. The van der Waals surface area contributed by atoms with E-state index in [1.54, 1.807) is 12.1 Å². The third-order valence-corrected chi connectivity index (χ3v) is 3.54. The lowest BCUT2D eigenvalue weighted by atomic mass is 10.1. The van der Waals surface area contributed by atoms with Crippen molar-refractivity contribution >= 4 is 23.5 Å². The summed E-state index contributed by atoms with van der Waals surface area (Å²) < 4.78 is 5.09. The van der Waals surface area contributed by atoms with Gasteiger partial charge in [-0.05, 0) is 42.7 Å². The van der Waals surface area contributed by atoms with Gasteiger partial charge in [0.1, 0.15) is 5.76 Å². The number of aryl methyl sites for hydroxylation is 1. The molecule has 0 saturated heterocycles. The molecule has 0 radical (unpaired) electrons. The molecule has 0 bridgehead atoms. The van der Waals surface area contributed by atoms with E-state index in [0.717, 1.165) is 12.8 Å². The van der Waals surface area contributed by atoms with E-state index in [1.165, 1.54) is 11.8 Å². The molecular formula is C17H20ClN3O3. The zero-order chi connectivity index (χ0) is 17.2. The van der Waals surface area contributed by atoms with E-state index in [4.69, 9.17) is 16.0 Å². The van der Waals surface area contributed by atoms with Crippen LogP contribution in [0.3, 0.4) is 0 Å². The van der Waals surface area contributed by atoms with Gasteiger partial charge < -0.3 is 20.4 Å². The van der Waals surface area contributed by atoms with E-state index < -0.39 is 6.03 Å². The molecule has 1 aromatic heterocycles. The number of hydrogen-bond acceptors (Lipinski definition) is 3. The maximum atomic E-state index is 11.6. The largest absolute Gasteiger partial charge is 0.467 e. The maximum absolute atomic E-state index is 11.6. The molecule has 6 nitrogen and oxygen atoms in total. The highest BCUT2D eigenvalue weighted by molar-refractivity contribution is 6.30. The predicted molar refractivity (Wildman–Crippen MR) is 91.7 cm³/mol. The molecule has 1 aromatic carbocycles. The molecule has 3 N–H and O–H groups in total. The molecule has 24 heavy (non-hydrogen) atoms. The van der Waals surface area contributed by atoms with Gasteiger partial charge in [-0.1, -0.05) is 23.7 Å². The van der Waals surface area contributed by atoms with E-state index in [1.807, 2.05) is 24.3 Å². The number of urea groups is 1. The Hall–Kier alpha value is -2.47. The van der Waals surface area contributed by atoms with Gasteiger partial charge in [0, 0.05) is 11.6 Å². The third kappa shape index (κ3) is 6.75. The van der Waals surface area contributed by atoms with Gasteiger partial charge in [-0.25, -0.2) is 4.79 Å². The topological polar surface area (TPSA) is 83.4 Å². The second kappa shape index (κ2) is 9.62. The van der Waals surface area contributed by atoms with E-state index in [2.05, 4.69) is 16.0 Å². The fourth-order valence-electron chi connectivity index (χ4n) is 2.04. The molecule has 0 unspecified atom stereocenters. The fraction of sp³-hybridized carbons (Fsp3) is 0.294. The van der Waals surface area contributed by atoms with Crippen LogP contribution in [0.25, 0.3) is 0 Å². The van der Waals surface area contributed by atoms with Crippen LogP contribution < -0.4 is 16.0 Å². The van der Waals surface area contributed by atoms with Gasteiger partial charge in [-0.2, -0.15) is 0 Å². The average molecular weight is 350 g/mol. The minimum absolute atomic E-state index is 0.0646. The Morgan fingerprint density at radius 1 is 1.04 bits per heavy atom. The molecule has 2 aromatic rings. The minimum Gasteiger partial charge on any atom is -0.467 e. The number of carbonyl (C=O) groups is 2. The van der Waals surface area contributed by atoms with Crippen molar-refractivity contribution in [3.05, 3.63) is 59.0 Å². The first-order valence-electron chi connectivity index (χ1n) is 7.69. The molecule has 0 aliphatic heterocycles. The molecule has 2 rings (SSSR count). The summed E-state index contributed by atoms with van der Waals surface area (Å²) in [7, 11) is 0. The van der Waals surface area contributed by atoms with Crippen molar-refractivity contribution < 1.29 is 14.0 Å². The van der Waals surface area contributed by atoms with E-state index in [-0.39, 0.29) is 19.0 Å². The first-order valence-corrected chi connectivity index (χ1v) is 8.06. The number of nitrogens with one attached hydrogen (secondary N) is 3. The summed E-state index contributed by atoms with van der Waals surface area (Å²) in [6.07, 6.45) is 3.21. The van der Waals surface area contributed by atoms with Crippen molar-refractivity contribution in [3.8, 4) is 0 Å². The molecule has 0 aliphatic rings. The van der Waals surface area contributed by atoms with Crippen LogP contribution in [0.4, 0.5) is 4.79 Å². The Bertz CT molecular complexity index is 642. The molecule has 1 heterocycles. The van der Waals surface area contributed by atoms with Gasteiger partial charge in [0.2, 0.25) is 5.91 Å². The van der Waals surface area contributed by atoms with Crippen LogP contribution in [0.1, 0.15) is 17.7 Å². The molecule has 0 aliphatic carbocycles. The zero-order valence-corrected chi connectivity index (χ0v) is 13.9. The predicted octanol–water partition coefficient (Wildman–Crippen LogP) is 2.48. The van der Waals surface area contributed by atoms with Gasteiger partial charge in [-0.3, -0.25) is 4.79 Å². The van der Waals surface area contributed by atoms with Crippen LogP contribution in [0.5, 0.6) is 0 Å². The summed E-state index contributed by atoms with van der Waals surface area (Å²) in [5.74, 6) is 0.427. The Balaban J connectivity index is 1.53. The standard InChI is InChI=1S/C17H20ClN3O3/c18-14-7-5-13(6-8-14)3-1-9-19-16(22)12-21-17(23)20-11-15-4-2-10-24-15/h2,4-8,10H,1,3,9,11-12H2,(H,19,22)(H2,20,21,23). The molecule has 0 fully saturated rings. The highest BCUT2D eigenvalue weighted by Crippen LogP contribution is 2.10. The lowest BCUT2D eigenvalue weighted by Crippen LogP contribution is -2.42. The normalized spacial score (nSPS) is 10.2. The smallest absolute Gasteiger partial charge is 0.315 e. The monoisotopic (exact) mass is 349 g/mol. The van der Waals surface area contributed by atoms with Crippen molar-refractivity contribution in [2.75, 3.05) is 13.1 Å². The average Bonchev–Trinajstić information content (AvgIpc) is 3.10. The van der Waals surface area contributed by atoms with Crippen molar-refractivity contribution in [1.29, 1.82) is 0 Å². The number of halogens is 1. The summed E-state index contributed by atoms with van der Waals surface area (Å²) in [4.78, 5) is 23.2. The van der Waals surface area contributed by atoms with Gasteiger partial charge in [-0.15, -0.1) is 0 Å². The van der Waals surface area contributed by atoms with Crippen molar-refractivity contribution in [3.63, 3.8) is 0 Å². The first kappa shape index (κ1) is 17.9. The minimum atomic E-state index is -0.414. The number of rotatable bonds is 8. The number of hydrogen-bond donors (Lipinski definition) is 3. The Labute approximate surface area is 145 Å². The number of carbonyl (C=O) groups excluding carboxylic acids is 2. The summed E-state index contributed by atoms with van der Waals surface area (Å²) in [6.45, 7) is 0.767. The fourth-order valence-corrected chi connectivity index (χ4v) is 2.16. The molecule has 0 spiro atoms. The molecule has 3 amide bonds. The molecule has 0 saturated carbocycles. The number of amides is 3. The van der Waals surface area contributed by atoms with Gasteiger partial charge in [0.15, 0.2) is 0 Å². The SMILES string of the molecule is O=C(CNC(=O)NCc1ccco1)NCCCc1ccc(Cl)cc1. The van der Waals surface area contributed by atoms with Gasteiger partial charge in [0.25, 0.3) is 0 Å². The van der Waals surface area contributed by atoms with Crippen molar-refractivity contribution in [1.82, 2.24) is 16.0 Å². The number of benzene rings is 1. The van der Waals surface area contributed by atoms with Crippen LogP contribution >= 0.6 is 11.6 Å². The Kier molecular flexibility index (Phi) is 7.17. The number of furan rings is 1. The molecular weight excluding hydrogens is 330 g/mol. The van der Waals surface area contributed by atoms with Crippen LogP contribution in [0.2, 0.25) is 5.02 Å². The quantitative estimate of drug-likeness (QED) is 0.640. The molecule has 128 valence electrons. The molecule has 7 heteroatoms. The van der Waals surface area contributed by atoms with Crippen LogP contribution in [-0.2, 0) is 17.8 Å². The van der Waals surface area contributed by atoms with Crippen LogP contribution in [-0.4, -0.2) is 25.0 Å². The van der Waals surface area contributed by atoms with Gasteiger partial charge in [0.05, 0.1) is 19.4 Å². The summed E-state index contributed by atoms with van der Waals surface area (Å²) >= 11 is 5.82. The summed E-state index contributed by atoms with van der Waals surface area (Å²) in [6, 6.07) is 10.7. The third-order valence-electron chi connectivity index (χ3n) is 3.29. The lowest BCUT2D eigenvalue weighted by molar-refractivity contribution is -0.120. The highest BCUT2D eigenvalue weighted by Gasteiger charge is 2.05. The van der Waals surface area contributed by atoms with E-state index >= 15 is 0 Å². The maximum Gasteiger partial charge on any atom is 0.315 e. The summed E-state index contributed by atoms with van der Waals surface area (Å²) in [5.41, 5.74) is 1.17. The van der Waals surface area contributed by atoms with Crippen LogP contribution in [0.15, 0.2) is 47.1 Å². The lowest BCUT2D eigenvalue weighted by Gasteiger charge is -2.08. The van der Waals surface area contributed by atoms with E-state index in [9.17, 15) is 9.59 Å². The van der Waals surface area contributed by atoms with Crippen molar-refractivity contribution in [2.24, 2.45) is 0 Å².